The first-order chi connectivity index (χ1) is 9.46. The molecule has 0 aliphatic heterocycles. The molecule has 1 heterocycles. The summed E-state index contributed by atoms with van der Waals surface area (Å²) in [6.45, 7) is 8.28. The minimum atomic E-state index is -1.03. The van der Waals surface area contributed by atoms with Gasteiger partial charge in [0.1, 0.15) is 6.73 Å². The number of anilines is 1. The summed E-state index contributed by atoms with van der Waals surface area (Å²) in [5.41, 5.74) is 8.01. The number of ether oxygens (including phenoxy) is 1. The minimum absolute atomic E-state index is 0.460. The van der Waals surface area contributed by atoms with Crippen molar-refractivity contribution in [2.75, 3.05) is 12.3 Å². The number of rotatable bonds is 6. The summed E-state index contributed by atoms with van der Waals surface area (Å²) in [5.74, 6) is 0.546. The number of nitrogens with zero attached hydrogens (tertiary/aromatic N) is 2. The lowest BCUT2D eigenvalue weighted by Gasteiger charge is -2.15. The smallest absolute Gasteiger partial charge is 0.153 e. The third kappa shape index (κ3) is 4.21. The monoisotopic (exact) mass is 289 g/mol. The molecule has 0 spiro atoms. The number of nitrogens with two attached hydrogens (primary N) is 1. The third-order valence-corrected chi connectivity index (χ3v) is 4.80. The Bertz CT molecular complexity index is 546. The van der Waals surface area contributed by atoms with Crippen molar-refractivity contribution in [2.45, 2.75) is 32.4 Å². The Morgan fingerprint density at radius 3 is 2.55 bits per heavy atom. The van der Waals surface area contributed by atoms with E-state index in [2.05, 4.69) is 24.7 Å². The molecule has 20 heavy (non-hydrogen) atoms. The molecule has 0 aliphatic rings. The summed E-state index contributed by atoms with van der Waals surface area (Å²) in [5, 5.41) is 4.30. The quantitative estimate of drug-likeness (QED) is 0.654. The van der Waals surface area contributed by atoms with E-state index in [0.717, 1.165) is 23.8 Å². The second-order valence-corrected chi connectivity index (χ2v) is 11.8. The Morgan fingerprint density at radius 1 is 1.20 bits per heavy atom. The Labute approximate surface area is 121 Å². The van der Waals surface area contributed by atoms with Crippen LogP contribution in [0.4, 0.5) is 5.82 Å². The normalized spacial score (nSPS) is 11.8. The fourth-order valence-corrected chi connectivity index (χ4v) is 2.64. The average Bonchev–Trinajstić information content (AvgIpc) is 2.76. The van der Waals surface area contributed by atoms with E-state index in [-0.39, 0.29) is 0 Å². The van der Waals surface area contributed by atoms with Gasteiger partial charge in [-0.25, -0.2) is 4.68 Å². The van der Waals surface area contributed by atoms with E-state index in [1.54, 1.807) is 4.68 Å². The van der Waals surface area contributed by atoms with E-state index in [0.29, 0.717) is 12.5 Å². The molecule has 0 unspecified atom stereocenters. The van der Waals surface area contributed by atoms with Gasteiger partial charge in [-0.3, -0.25) is 0 Å². The second-order valence-electron chi connectivity index (χ2n) is 6.18. The highest BCUT2D eigenvalue weighted by atomic mass is 28.3. The fourth-order valence-electron chi connectivity index (χ4n) is 1.88. The van der Waals surface area contributed by atoms with Gasteiger partial charge >= 0.3 is 0 Å². The highest BCUT2D eigenvalue weighted by Gasteiger charge is 2.12. The summed E-state index contributed by atoms with van der Waals surface area (Å²) in [4.78, 5) is 0. The van der Waals surface area contributed by atoms with Crippen LogP contribution in [0.5, 0.6) is 0 Å². The van der Waals surface area contributed by atoms with E-state index in [1.165, 1.54) is 0 Å². The summed E-state index contributed by atoms with van der Waals surface area (Å²) in [6.07, 6.45) is 1.94. The molecule has 1 aromatic heterocycles. The maximum atomic E-state index is 5.97. The van der Waals surface area contributed by atoms with Crippen molar-refractivity contribution in [1.82, 2.24) is 9.78 Å². The predicted octanol–water partition coefficient (Wildman–Crippen LogP) is 3.44. The van der Waals surface area contributed by atoms with Crippen molar-refractivity contribution < 1.29 is 4.74 Å². The zero-order valence-electron chi connectivity index (χ0n) is 12.5. The van der Waals surface area contributed by atoms with E-state index in [4.69, 9.17) is 10.5 Å². The van der Waals surface area contributed by atoms with Gasteiger partial charge < -0.3 is 10.5 Å². The van der Waals surface area contributed by atoms with Gasteiger partial charge in [0.25, 0.3) is 0 Å². The van der Waals surface area contributed by atoms with Gasteiger partial charge in [0.2, 0.25) is 0 Å². The lowest BCUT2D eigenvalue weighted by atomic mass is 10.1. The Morgan fingerprint density at radius 2 is 1.90 bits per heavy atom. The van der Waals surface area contributed by atoms with E-state index in [1.807, 2.05) is 36.5 Å². The topological polar surface area (TPSA) is 53.1 Å². The van der Waals surface area contributed by atoms with Gasteiger partial charge in [-0.1, -0.05) is 50.0 Å². The number of hydrogen-bond donors (Lipinski definition) is 1. The highest BCUT2D eigenvalue weighted by Crippen LogP contribution is 2.24. The standard InChI is InChI=1S/C15H23N3OSi/c1-20(2,3)10-9-19-12-18-11-14(15(16)17-18)13-7-5-4-6-8-13/h4-8,11H,9-10,12H2,1-3H3,(H2,16,17). The predicted molar refractivity (Wildman–Crippen MR) is 86.2 cm³/mol. The first-order valence-electron chi connectivity index (χ1n) is 6.92. The maximum absolute atomic E-state index is 5.97. The number of aromatic nitrogens is 2. The van der Waals surface area contributed by atoms with Crippen molar-refractivity contribution in [3.05, 3.63) is 36.5 Å². The van der Waals surface area contributed by atoms with Gasteiger partial charge in [0, 0.05) is 26.4 Å². The van der Waals surface area contributed by atoms with Gasteiger partial charge in [0.05, 0.1) is 0 Å². The number of hydrogen-bond acceptors (Lipinski definition) is 3. The SMILES string of the molecule is C[Si](C)(C)CCOCn1cc(-c2ccccc2)c(N)n1. The molecule has 0 amide bonds. The Balaban J connectivity index is 1.95. The molecule has 0 atom stereocenters. The van der Waals surface area contributed by atoms with E-state index in [9.17, 15) is 0 Å². The molecule has 4 nitrogen and oxygen atoms in total. The maximum Gasteiger partial charge on any atom is 0.153 e. The van der Waals surface area contributed by atoms with Crippen LogP contribution in [-0.2, 0) is 11.5 Å². The summed E-state index contributed by atoms with van der Waals surface area (Å²) < 4.78 is 7.45. The van der Waals surface area contributed by atoms with Gasteiger partial charge in [-0.05, 0) is 11.6 Å². The first kappa shape index (κ1) is 14.8. The molecule has 2 N–H and O–H groups in total. The molecule has 0 fully saturated rings. The molecule has 2 rings (SSSR count). The van der Waals surface area contributed by atoms with Crippen LogP contribution in [0.15, 0.2) is 36.5 Å². The van der Waals surface area contributed by atoms with Crippen LogP contribution < -0.4 is 5.73 Å². The van der Waals surface area contributed by atoms with Crippen molar-refractivity contribution in [3.63, 3.8) is 0 Å². The minimum Gasteiger partial charge on any atom is -0.382 e. The van der Waals surface area contributed by atoms with Gasteiger partial charge in [-0.2, -0.15) is 5.10 Å². The van der Waals surface area contributed by atoms with Crippen LogP contribution in [0.1, 0.15) is 0 Å². The van der Waals surface area contributed by atoms with Crippen molar-refractivity contribution in [1.29, 1.82) is 0 Å². The van der Waals surface area contributed by atoms with E-state index < -0.39 is 8.07 Å². The fraction of sp³-hybridized carbons (Fsp3) is 0.400. The van der Waals surface area contributed by atoms with Crippen LogP contribution in [-0.4, -0.2) is 24.5 Å². The molecule has 0 saturated heterocycles. The molecule has 2 aromatic rings. The van der Waals surface area contributed by atoms with Crippen molar-refractivity contribution in [3.8, 4) is 11.1 Å². The van der Waals surface area contributed by atoms with Crippen LogP contribution in [0.25, 0.3) is 11.1 Å². The van der Waals surface area contributed by atoms with Crippen LogP contribution >= 0.6 is 0 Å². The second kappa shape index (κ2) is 6.24. The molecule has 0 aliphatic carbocycles. The third-order valence-electron chi connectivity index (χ3n) is 3.10. The molecule has 0 radical (unpaired) electrons. The highest BCUT2D eigenvalue weighted by molar-refractivity contribution is 6.76. The van der Waals surface area contributed by atoms with Crippen molar-refractivity contribution >= 4 is 13.9 Å². The molecule has 0 bridgehead atoms. The van der Waals surface area contributed by atoms with Gasteiger partial charge in [-0.15, -0.1) is 0 Å². The molecule has 0 saturated carbocycles. The molecular weight excluding hydrogens is 266 g/mol. The molecule has 1 aromatic carbocycles. The van der Waals surface area contributed by atoms with Crippen LogP contribution in [0, 0.1) is 0 Å². The molecule has 5 heteroatoms. The van der Waals surface area contributed by atoms with Crippen LogP contribution in [0.3, 0.4) is 0 Å². The van der Waals surface area contributed by atoms with Crippen molar-refractivity contribution in [2.24, 2.45) is 0 Å². The average molecular weight is 289 g/mol. The lowest BCUT2D eigenvalue weighted by Crippen LogP contribution is -2.22. The zero-order chi connectivity index (χ0) is 14.6. The summed E-state index contributed by atoms with van der Waals surface area (Å²) in [6, 6.07) is 11.2. The number of nitrogen functional groups attached to an aromatic ring is 1. The first-order valence-corrected chi connectivity index (χ1v) is 10.6. The zero-order valence-corrected chi connectivity index (χ0v) is 13.5. The lowest BCUT2D eigenvalue weighted by molar-refractivity contribution is 0.0788. The van der Waals surface area contributed by atoms with Gasteiger partial charge in [0.15, 0.2) is 5.82 Å². The van der Waals surface area contributed by atoms with E-state index >= 15 is 0 Å². The molecule has 108 valence electrons. The largest absolute Gasteiger partial charge is 0.382 e. The van der Waals surface area contributed by atoms with Crippen LogP contribution in [0.2, 0.25) is 25.7 Å². The summed E-state index contributed by atoms with van der Waals surface area (Å²) >= 11 is 0. The Hall–Kier alpha value is -1.59. The molecular formula is C15H23N3OSi. The summed E-state index contributed by atoms with van der Waals surface area (Å²) in [7, 11) is -1.03. The number of benzene rings is 1. The Kier molecular flexibility index (Phi) is 4.62.